The van der Waals surface area contributed by atoms with Crippen LogP contribution in [0.3, 0.4) is 0 Å². The second kappa shape index (κ2) is 5.34. The van der Waals surface area contributed by atoms with Gasteiger partial charge < -0.3 is 15.7 Å². The number of benzene rings is 1. The third-order valence-electron chi connectivity index (χ3n) is 2.29. The molecule has 5 nitrogen and oxygen atoms in total. The summed E-state index contributed by atoms with van der Waals surface area (Å²) in [6.45, 7) is 5.86. The number of aryl methyl sites for hydroxylation is 2. The van der Waals surface area contributed by atoms with Crippen molar-refractivity contribution in [3.63, 3.8) is 0 Å². The Balaban J connectivity index is 3.12. The van der Waals surface area contributed by atoms with Gasteiger partial charge >= 0.3 is 12.0 Å². The highest BCUT2D eigenvalue weighted by molar-refractivity contribution is 6.01. The SMILES string of the molecule is CCNC(=O)Nc1c(C)cc(C)cc1C(=O)O. The van der Waals surface area contributed by atoms with E-state index in [4.69, 9.17) is 5.11 Å². The molecule has 0 radical (unpaired) electrons. The van der Waals surface area contributed by atoms with Crippen LogP contribution in [0.5, 0.6) is 0 Å². The van der Waals surface area contributed by atoms with Crippen molar-refractivity contribution in [3.05, 3.63) is 28.8 Å². The summed E-state index contributed by atoms with van der Waals surface area (Å²) in [4.78, 5) is 22.5. The minimum Gasteiger partial charge on any atom is -0.478 e. The number of carboxylic acids is 1. The number of hydrogen-bond donors (Lipinski definition) is 3. The molecule has 0 unspecified atom stereocenters. The van der Waals surface area contributed by atoms with E-state index in [-0.39, 0.29) is 5.56 Å². The van der Waals surface area contributed by atoms with E-state index in [9.17, 15) is 9.59 Å². The Labute approximate surface area is 99.8 Å². The van der Waals surface area contributed by atoms with Crippen molar-refractivity contribution in [1.29, 1.82) is 0 Å². The molecule has 1 rings (SSSR count). The minimum atomic E-state index is -1.05. The molecule has 92 valence electrons. The van der Waals surface area contributed by atoms with Crippen LogP contribution in [-0.2, 0) is 0 Å². The van der Waals surface area contributed by atoms with Crippen LogP contribution >= 0.6 is 0 Å². The Hall–Kier alpha value is -2.04. The molecule has 0 aromatic heterocycles. The van der Waals surface area contributed by atoms with Crippen LogP contribution in [0.1, 0.15) is 28.4 Å². The summed E-state index contributed by atoms with van der Waals surface area (Å²) in [5, 5.41) is 14.2. The summed E-state index contributed by atoms with van der Waals surface area (Å²) < 4.78 is 0. The Morgan fingerprint density at radius 1 is 1.29 bits per heavy atom. The number of nitrogens with one attached hydrogen (secondary N) is 2. The number of carbonyl (C=O) groups excluding carboxylic acids is 1. The summed E-state index contributed by atoms with van der Waals surface area (Å²) in [5.41, 5.74) is 2.03. The predicted octanol–water partition coefficient (Wildman–Crippen LogP) is 2.14. The summed E-state index contributed by atoms with van der Waals surface area (Å²) in [7, 11) is 0. The number of anilines is 1. The Morgan fingerprint density at radius 2 is 1.94 bits per heavy atom. The van der Waals surface area contributed by atoms with E-state index >= 15 is 0 Å². The number of carboxylic acid groups (broad SMARTS) is 1. The first-order chi connectivity index (χ1) is 7.95. The molecule has 0 aliphatic rings. The molecule has 3 N–H and O–H groups in total. The van der Waals surface area contributed by atoms with Gasteiger partial charge in [-0.3, -0.25) is 0 Å². The monoisotopic (exact) mass is 236 g/mol. The van der Waals surface area contributed by atoms with Crippen LogP contribution in [0.15, 0.2) is 12.1 Å². The second-order valence-corrected chi connectivity index (χ2v) is 3.79. The van der Waals surface area contributed by atoms with Gasteiger partial charge in [-0.25, -0.2) is 9.59 Å². The fourth-order valence-corrected chi connectivity index (χ4v) is 1.62. The van der Waals surface area contributed by atoms with Gasteiger partial charge in [-0.1, -0.05) is 6.07 Å². The van der Waals surface area contributed by atoms with Crippen LogP contribution in [-0.4, -0.2) is 23.7 Å². The van der Waals surface area contributed by atoms with Crippen molar-refractivity contribution >= 4 is 17.7 Å². The third kappa shape index (κ3) is 3.21. The number of amides is 2. The molecule has 0 bridgehead atoms. The van der Waals surface area contributed by atoms with Crippen LogP contribution in [0, 0.1) is 13.8 Å². The van der Waals surface area contributed by atoms with E-state index in [2.05, 4.69) is 10.6 Å². The fourth-order valence-electron chi connectivity index (χ4n) is 1.62. The van der Waals surface area contributed by atoms with Gasteiger partial charge in [-0.15, -0.1) is 0 Å². The van der Waals surface area contributed by atoms with Gasteiger partial charge in [-0.05, 0) is 38.0 Å². The van der Waals surface area contributed by atoms with Crippen molar-refractivity contribution < 1.29 is 14.7 Å². The quantitative estimate of drug-likeness (QED) is 0.752. The molecule has 2 amide bonds. The highest BCUT2D eigenvalue weighted by atomic mass is 16.4. The van der Waals surface area contributed by atoms with Crippen LogP contribution in [0.4, 0.5) is 10.5 Å². The molecule has 17 heavy (non-hydrogen) atoms. The molecule has 0 heterocycles. The maximum Gasteiger partial charge on any atom is 0.337 e. The molecular formula is C12H16N2O3. The molecule has 0 saturated carbocycles. The first-order valence-corrected chi connectivity index (χ1v) is 5.35. The zero-order chi connectivity index (χ0) is 13.0. The van der Waals surface area contributed by atoms with Crippen LogP contribution in [0.2, 0.25) is 0 Å². The standard InChI is InChI=1S/C12H16N2O3/c1-4-13-12(17)14-10-8(3)5-7(2)6-9(10)11(15)16/h5-6H,4H2,1-3H3,(H,15,16)(H2,13,14,17). The third-order valence-corrected chi connectivity index (χ3v) is 2.29. The zero-order valence-electron chi connectivity index (χ0n) is 10.1. The molecule has 1 aromatic carbocycles. The predicted molar refractivity (Wildman–Crippen MR) is 65.6 cm³/mol. The molecule has 0 aliphatic heterocycles. The van der Waals surface area contributed by atoms with Gasteiger partial charge in [0.1, 0.15) is 0 Å². The zero-order valence-corrected chi connectivity index (χ0v) is 10.1. The first kappa shape index (κ1) is 13.0. The molecule has 5 heteroatoms. The average Bonchev–Trinajstić information content (AvgIpc) is 2.21. The lowest BCUT2D eigenvalue weighted by Gasteiger charge is -2.12. The maximum atomic E-state index is 11.4. The van der Waals surface area contributed by atoms with E-state index in [1.165, 1.54) is 6.07 Å². The van der Waals surface area contributed by atoms with Crippen molar-refractivity contribution in [2.45, 2.75) is 20.8 Å². The molecule has 0 atom stereocenters. The summed E-state index contributed by atoms with van der Waals surface area (Å²) >= 11 is 0. The highest BCUT2D eigenvalue weighted by Crippen LogP contribution is 2.22. The van der Waals surface area contributed by atoms with E-state index < -0.39 is 12.0 Å². The largest absolute Gasteiger partial charge is 0.478 e. The fraction of sp³-hybridized carbons (Fsp3) is 0.333. The normalized spacial score (nSPS) is 9.82. The number of carbonyl (C=O) groups is 2. The Morgan fingerprint density at radius 3 is 2.47 bits per heavy atom. The smallest absolute Gasteiger partial charge is 0.337 e. The van der Waals surface area contributed by atoms with Gasteiger partial charge in [0.25, 0.3) is 0 Å². The lowest BCUT2D eigenvalue weighted by atomic mass is 10.0. The summed E-state index contributed by atoms with van der Waals surface area (Å²) in [6.07, 6.45) is 0. The molecule has 0 fully saturated rings. The Bertz CT molecular complexity index is 455. The summed E-state index contributed by atoms with van der Waals surface area (Å²) in [6, 6.07) is 2.96. The summed E-state index contributed by atoms with van der Waals surface area (Å²) in [5.74, 6) is -1.05. The molecule has 0 aliphatic carbocycles. The highest BCUT2D eigenvalue weighted by Gasteiger charge is 2.15. The van der Waals surface area contributed by atoms with E-state index in [0.717, 1.165) is 11.1 Å². The lowest BCUT2D eigenvalue weighted by Crippen LogP contribution is -2.29. The van der Waals surface area contributed by atoms with E-state index in [0.29, 0.717) is 12.2 Å². The number of aromatic carboxylic acids is 1. The van der Waals surface area contributed by atoms with Crippen molar-refractivity contribution in [3.8, 4) is 0 Å². The van der Waals surface area contributed by atoms with Gasteiger partial charge in [0.15, 0.2) is 0 Å². The maximum absolute atomic E-state index is 11.4. The average molecular weight is 236 g/mol. The van der Waals surface area contributed by atoms with Crippen molar-refractivity contribution in [2.24, 2.45) is 0 Å². The van der Waals surface area contributed by atoms with Crippen LogP contribution in [0.25, 0.3) is 0 Å². The van der Waals surface area contributed by atoms with Crippen molar-refractivity contribution in [2.75, 3.05) is 11.9 Å². The van der Waals surface area contributed by atoms with Gasteiger partial charge in [0, 0.05) is 6.54 Å². The van der Waals surface area contributed by atoms with E-state index in [1.54, 1.807) is 13.8 Å². The van der Waals surface area contributed by atoms with Gasteiger partial charge in [0.2, 0.25) is 0 Å². The molecule has 1 aromatic rings. The van der Waals surface area contributed by atoms with Gasteiger partial charge in [-0.2, -0.15) is 0 Å². The molecular weight excluding hydrogens is 220 g/mol. The lowest BCUT2D eigenvalue weighted by molar-refractivity contribution is 0.0698. The molecule has 0 spiro atoms. The minimum absolute atomic E-state index is 0.105. The second-order valence-electron chi connectivity index (χ2n) is 3.79. The van der Waals surface area contributed by atoms with Gasteiger partial charge in [0.05, 0.1) is 11.3 Å². The number of hydrogen-bond acceptors (Lipinski definition) is 2. The topological polar surface area (TPSA) is 78.4 Å². The van der Waals surface area contributed by atoms with Crippen LogP contribution < -0.4 is 10.6 Å². The van der Waals surface area contributed by atoms with E-state index in [1.807, 2.05) is 13.0 Å². The molecule has 0 saturated heterocycles. The first-order valence-electron chi connectivity index (χ1n) is 5.35. The Kier molecular flexibility index (Phi) is 4.09. The number of urea groups is 1. The number of rotatable bonds is 3. The van der Waals surface area contributed by atoms with Crippen molar-refractivity contribution in [1.82, 2.24) is 5.32 Å².